The zero-order valence-corrected chi connectivity index (χ0v) is 16.1. The maximum absolute atomic E-state index is 12.7. The molecule has 0 radical (unpaired) electrons. The highest BCUT2D eigenvalue weighted by Crippen LogP contribution is 2.39. The number of para-hydroxylation sites is 1. The highest BCUT2D eigenvalue weighted by molar-refractivity contribution is 5.67. The van der Waals surface area contributed by atoms with Crippen LogP contribution in [0, 0.1) is 6.57 Å². The van der Waals surface area contributed by atoms with Gasteiger partial charge < -0.3 is 4.74 Å². The lowest BCUT2D eigenvalue weighted by Gasteiger charge is -2.21. The van der Waals surface area contributed by atoms with Gasteiger partial charge in [0.1, 0.15) is 0 Å². The van der Waals surface area contributed by atoms with Gasteiger partial charge in [-0.3, -0.25) is 15.0 Å². The Morgan fingerprint density at radius 2 is 2.00 bits per heavy atom. The summed E-state index contributed by atoms with van der Waals surface area (Å²) in [4.78, 5) is 16.3. The molecule has 0 aliphatic rings. The van der Waals surface area contributed by atoms with E-state index in [0.29, 0.717) is 17.1 Å². The van der Waals surface area contributed by atoms with Crippen LogP contribution >= 0.6 is 0 Å². The Morgan fingerprint density at radius 1 is 1.29 bits per heavy atom. The normalized spacial score (nSPS) is 11.7. The Balaban J connectivity index is 2.04. The van der Waals surface area contributed by atoms with E-state index in [9.17, 15) is 4.79 Å². The maximum Gasteiger partial charge on any atom is 0.303 e. The van der Waals surface area contributed by atoms with Crippen molar-refractivity contribution in [2.24, 2.45) is 10.2 Å². The molecule has 0 aliphatic heterocycles. The van der Waals surface area contributed by atoms with E-state index >= 15 is 0 Å². The van der Waals surface area contributed by atoms with Crippen molar-refractivity contribution >= 4 is 17.2 Å². The number of hydrogen-bond donors (Lipinski definition) is 2. The Kier molecular flexibility index (Phi) is 5.13. The van der Waals surface area contributed by atoms with Crippen molar-refractivity contribution in [2.75, 3.05) is 7.11 Å². The van der Waals surface area contributed by atoms with Gasteiger partial charge in [0.25, 0.3) is 5.69 Å². The van der Waals surface area contributed by atoms with Gasteiger partial charge in [-0.05, 0) is 24.0 Å². The number of aromatic nitrogens is 4. The van der Waals surface area contributed by atoms with Gasteiger partial charge in [-0.15, -0.1) is 10.2 Å². The number of benzene rings is 1. The first kappa shape index (κ1) is 19.1. The van der Waals surface area contributed by atoms with E-state index in [1.54, 1.807) is 12.1 Å². The lowest BCUT2D eigenvalue weighted by molar-refractivity contribution is 0.395. The lowest BCUT2D eigenvalue weighted by Crippen LogP contribution is -2.16. The number of nitrogens with one attached hydrogen (secondary N) is 2. The van der Waals surface area contributed by atoms with Crippen molar-refractivity contribution in [1.29, 1.82) is 0 Å². The predicted molar refractivity (Wildman–Crippen MR) is 105 cm³/mol. The molecule has 0 unspecified atom stereocenters. The quantitative estimate of drug-likeness (QED) is 0.485. The summed E-state index contributed by atoms with van der Waals surface area (Å²) in [5.74, 6) is 0.312. The molecule has 2 N–H and O–H groups in total. The number of hydrogen-bond acceptors (Lipinski definition) is 5. The van der Waals surface area contributed by atoms with Crippen molar-refractivity contribution < 1.29 is 4.74 Å². The van der Waals surface area contributed by atoms with E-state index < -0.39 is 5.56 Å². The number of nitrogens with zero attached hydrogens (tertiary/aromatic N) is 5. The minimum atomic E-state index is -0.416. The zero-order chi connectivity index (χ0) is 20.3. The number of methoxy groups -OCH3 is 1. The minimum absolute atomic E-state index is 0.00147. The van der Waals surface area contributed by atoms with E-state index in [-0.39, 0.29) is 22.8 Å². The topological polar surface area (TPSA) is 105 Å². The van der Waals surface area contributed by atoms with Crippen LogP contribution in [-0.4, -0.2) is 27.1 Å². The van der Waals surface area contributed by atoms with Crippen LogP contribution in [0.3, 0.4) is 0 Å². The third kappa shape index (κ3) is 3.32. The second kappa shape index (κ2) is 7.52. The van der Waals surface area contributed by atoms with Gasteiger partial charge in [-0.25, -0.2) is 9.53 Å². The molecule has 2 heterocycles. The fourth-order valence-electron chi connectivity index (χ4n) is 2.65. The van der Waals surface area contributed by atoms with Crippen LogP contribution in [0.4, 0.5) is 17.2 Å². The highest BCUT2D eigenvalue weighted by atomic mass is 16.5. The van der Waals surface area contributed by atoms with Crippen LogP contribution in [0.2, 0.25) is 0 Å². The Bertz CT molecular complexity index is 1100. The lowest BCUT2D eigenvalue weighted by atomic mass is 9.86. The summed E-state index contributed by atoms with van der Waals surface area (Å²) in [5, 5.41) is 17.9. The molecule has 0 amide bonds. The number of rotatable bonds is 6. The van der Waals surface area contributed by atoms with E-state index in [0.717, 1.165) is 6.42 Å². The van der Waals surface area contributed by atoms with Crippen molar-refractivity contribution in [1.82, 2.24) is 20.0 Å². The van der Waals surface area contributed by atoms with Gasteiger partial charge in [0.15, 0.2) is 0 Å². The van der Waals surface area contributed by atoms with Crippen LogP contribution in [0.1, 0.15) is 32.9 Å². The second-order valence-corrected chi connectivity index (χ2v) is 6.79. The van der Waals surface area contributed by atoms with E-state index in [1.807, 2.05) is 39.0 Å². The van der Waals surface area contributed by atoms with Gasteiger partial charge in [-0.1, -0.05) is 39.0 Å². The Morgan fingerprint density at radius 3 is 2.61 bits per heavy atom. The minimum Gasteiger partial charge on any atom is -0.480 e. The first-order valence-electron chi connectivity index (χ1n) is 8.75. The third-order valence-corrected chi connectivity index (χ3v) is 4.69. The summed E-state index contributed by atoms with van der Waals surface area (Å²) < 4.78 is 6.55. The summed E-state index contributed by atoms with van der Waals surface area (Å²) >= 11 is 0. The first-order chi connectivity index (χ1) is 13.4. The largest absolute Gasteiger partial charge is 0.480 e. The summed E-state index contributed by atoms with van der Waals surface area (Å²) in [6.45, 7) is 13.6. The molecule has 0 fully saturated rings. The SMILES string of the molecule is [C-]#[N+]c1c(N=Nc2c(OC)[nH]n(-c3ccccc3)c2=O)n[nH]c1C(C)(C)CC. The molecule has 1 aromatic carbocycles. The van der Waals surface area contributed by atoms with Crippen LogP contribution < -0.4 is 10.3 Å². The fourth-order valence-corrected chi connectivity index (χ4v) is 2.65. The number of aromatic amines is 2. The van der Waals surface area contributed by atoms with Crippen LogP contribution in [0.25, 0.3) is 10.5 Å². The van der Waals surface area contributed by atoms with Crippen molar-refractivity contribution in [3.63, 3.8) is 0 Å². The molecule has 0 bridgehead atoms. The Hall–Kier alpha value is -3.67. The summed E-state index contributed by atoms with van der Waals surface area (Å²) in [6.07, 6.45) is 0.821. The average Bonchev–Trinajstić information content (AvgIpc) is 3.27. The smallest absolute Gasteiger partial charge is 0.303 e. The molecule has 0 spiro atoms. The summed E-state index contributed by atoms with van der Waals surface area (Å²) in [6, 6.07) is 9.05. The third-order valence-electron chi connectivity index (χ3n) is 4.69. The van der Waals surface area contributed by atoms with Crippen LogP contribution in [-0.2, 0) is 5.41 Å². The second-order valence-electron chi connectivity index (χ2n) is 6.79. The maximum atomic E-state index is 12.7. The standard InChI is InChI=1S/C19H21N7O2/c1-6-19(2,3)15-13(20-4)16(24-22-15)23-21-14-17(28-5)25-26(18(14)27)12-10-8-7-9-11-12/h7-11,25H,6H2,1-3,5H3,(H,22,24). The molecule has 9 heteroatoms. The van der Waals surface area contributed by atoms with Crippen LogP contribution in [0.5, 0.6) is 5.88 Å². The molecule has 0 atom stereocenters. The van der Waals surface area contributed by atoms with E-state index in [2.05, 4.69) is 30.4 Å². The molecule has 9 nitrogen and oxygen atoms in total. The molecule has 3 rings (SSSR count). The van der Waals surface area contributed by atoms with Gasteiger partial charge >= 0.3 is 5.56 Å². The van der Waals surface area contributed by atoms with E-state index in [1.165, 1.54) is 11.8 Å². The number of H-pyrrole nitrogens is 2. The highest BCUT2D eigenvalue weighted by Gasteiger charge is 2.27. The summed E-state index contributed by atoms with van der Waals surface area (Å²) in [5.41, 5.74) is 0.963. The fraction of sp³-hybridized carbons (Fsp3) is 0.316. The molecule has 0 saturated carbocycles. The van der Waals surface area contributed by atoms with Crippen LogP contribution in [0.15, 0.2) is 45.4 Å². The number of azo groups is 1. The van der Waals surface area contributed by atoms with Crippen molar-refractivity contribution in [3.05, 3.63) is 57.8 Å². The van der Waals surface area contributed by atoms with Gasteiger partial charge in [0.2, 0.25) is 17.4 Å². The molecular weight excluding hydrogens is 358 g/mol. The molecule has 0 saturated heterocycles. The van der Waals surface area contributed by atoms with Crippen molar-refractivity contribution in [2.45, 2.75) is 32.6 Å². The van der Waals surface area contributed by atoms with Gasteiger partial charge in [0, 0.05) is 0 Å². The first-order valence-corrected chi connectivity index (χ1v) is 8.75. The molecular formula is C19H21N7O2. The molecule has 0 aliphatic carbocycles. The van der Waals surface area contributed by atoms with Gasteiger partial charge in [0.05, 0.1) is 25.1 Å². The number of ether oxygens (including phenoxy) is 1. The molecule has 28 heavy (non-hydrogen) atoms. The summed E-state index contributed by atoms with van der Waals surface area (Å²) in [7, 11) is 1.43. The molecule has 144 valence electrons. The molecule has 3 aromatic rings. The average molecular weight is 379 g/mol. The van der Waals surface area contributed by atoms with Crippen molar-refractivity contribution in [3.8, 4) is 11.6 Å². The molecule has 2 aromatic heterocycles. The zero-order valence-electron chi connectivity index (χ0n) is 16.1. The van der Waals surface area contributed by atoms with Gasteiger partial charge in [-0.2, -0.15) is 5.10 Å². The monoisotopic (exact) mass is 379 g/mol. The predicted octanol–water partition coefficient (Wildman–Crippen LogP) is 4.55. The Labute approximate surface area is 161 Å². The van der Waals surface area contributed by atoms with E-state index in [4.69, 9.17) is 11.3 Å².